The zero-order valence-electron chi connectivity index (χ0n) is 26.0. The van der Waals surface area contributed by atoms with Crippen LogP contribution in [0.5, 0.6) is 0 Å². The van der Waals surface area contributed by atoms with Crippen LogP contribution in [0.4, 0.5) is 5.69 Å². The lowest BCUT2D eigenvalue weighted by molar-refractivity contribution is 0.282. The molecule has 1 aliphatic rings. The van der Waals surface area contributed by atoms with Gasteiger partial charge in [-0.15, -0.1) is 0 Å². The van der Waals surface area contributed by atoms with Gasteiger partial charge < -0.3 is 14.3 Å². The Morgan fingerprint density at radius 3 is 1.80 bits per heavy atom. The number of aromatic nitrogens is 1. The number of para-hydroxylation sites is 3. The summed E-state index contributed by atoms with van der Waals surface area (Å²) in [5, 5.41) is 9.25. The summed E-state index contributed by atoms with van der Waals surface area (Å²) in [4.78, 5) is 0. The fourth-order valence-electron chi connectivity index (χ4n) is 7.63. The van der Waals surface area contributed by atoms with E-state index in [-0.39, 0.29) is 11.1 Å². The molecule has 0 fully saturated rings. The van der Waals surface area contributed by atoms with Crippen molar-refractivity contribution < 1.29 is 4.43 Å². The van der Waals surface area contributed by atoms with Crippen LogP contribution in [0.1, 0.15) is 51.6 Å². The normalized spacial score (nSPS) is 17.0. The number of hydrogen-bond donors (Lipinski definition) is 1. The van der Waals surface area contributed by atoms with Gasteiger partial charge in [0.1, 0.15) is 0 Å². The predicted molar refractivity (Wildman–Crippen MR) is 189 cm³/mol. The zero-order chi connectivity index (χ0) is 30.1. The van der Waals surface area contributed by atoms with E-state index in [1.807, 2.05) is 0 Å². The van der Waals surface area contributed by atoms with Crippen molar-refractivity contribution in [2.24, 2.45) is 0 Å². The largest absolute Gasteiger partial charge is 0.407 e. The summed E-state index contributed by atoms with van der Waals surface area (Å²) in [5.41, 5.74) is 5.25. The molecule has 5 aromatic carbocycles. The second-order valence-corrected chi connectivity index (χ2v) is 17.5. The van der Waals surface area contributed by atoms with Gasteiger partial charge in [-0.25, -0.2) is 0 Å². The Morgan fingerprint density at radius 1 is 0.682 bits per heavy atom. The summed E-state index contributed by atoms with van der Waals surface area (Å²) in [6.45, 7) is 7.81. The van der Waals surface area contributed by atoms with Crippen LogP contribution < -0.4 is 15.7 Å². The second-order valence-electron chi connectivity index (χ2n) is 13.2. The van der Waals surface area contributed by atoms with Crippen LogP contribution in [0.25, 0.3) is 21.8 Å². The SMILES string of the molecule is CC(C)(C)[Si](OCCCC1CC(n2c3ccccc3c3ccccc32)c2ccccc2N1)(c1ccccc1)c1ccccc1. The van der Waals surface area contributed by atoms with E-state index in [2.05, 4.69) is 164 Å². The monoisotopic (exact) mass is 594 g/mol. The molecule has 0 amide bonds. The van der Waals surface area contributed by atoms with Gasteiger partial charge in [-0.2, -0.15) is 0 Å². The average Bonchev–Trinajstić information content (AvgIpc) is 3.39. The van der Waals surface area contributed by atoms with Crippen LogP contribution in [-0.2, 0) is 4.43 Å². The van der Waals surface area contributed by atoms with Crippen molar-refractivity contribution >= 4 is 46.2 Å². The van der Waals surface area contributed by atoms with Gasteiger partial charge in [-0.1, -0.05) is 136 Å². The van der Waals surface area contributed by atoms with E-state index in [1.165, 1.54) is 43.4 Å². The van der Waals surface area contributed by atoms with Gasteiger partial charge in [0.25, 0.3) is 8.32 Å². The summed E-state index contributed by atoms with van der Waals surface area (Å²) in [6.07, 6.45) is 3.10. The first-order chi connectivity index (χ1) is 21.5. The standard InChI is InChI=1S/C40H42N2OSi/c1-40(2,3)44(31-18-6-4-7-19-31,32-20-8-5-9-21-32)43-28-16-17-30-29-39(35-24-10-13-25-36(35)41-30)42-37-26-14-11-22-33(37)34-23-12-15-27-38(34)42/h4-15,18-27,30,39,41H,16-17,28-29H2,1-3H3. The Morgan fingerprint density at radius 2 is 1.20 bits per heavy atom. The molecule has 222 valence electrons. The predicted octanol–water partition coefficient (Wildman–Crippen LogP) is 8.92. The molecule has 1 aromatic heterocycles. The third-order valence-electron chi connectivity index (χ3n) is 9.55. The molecule has 4 heteroatoms. The van der Waals surface area contributed by atoms with Gasteiger partial charge in [0.15, 0.2) is 0 Å². The van der Waals surface area contributed by atoms with Crippen LogP contribution >= 0.6 is 0 Å². The van der Waals surface area contributed by atoms with Crippen molar-refractivity contribution in [3.63, 3.8) is 0 Å². The van der Waals surface area contributed by atoms with Crippen LogP contribution in [-0.4, -0.2) is 25.5 Å². The lowest BCUT2D eigenvalue weighted by Gasteiger charge is -2.43. The van der Waals surface area contributed by atoms with Crippen LogP contribution in [0.2, 0.25) is 5.04 Å². The first kappa shape index (κ1) is 28.6. The highest BCUT2D eigenvalue weighted by molar-refractivity contribution is 6.99. The molecule has 7 rings (SSSR count). The fraction of sp³-hybridized carbons (Fsp3) is 0.250. The minimum Gasteiger partial charge on any atom is -0.407 e. The first-order valence-corrected chi connectivity index (χ1v) is 18.0. The average molecular weight is 595 g/mol. The molecular weight excluding hydrogens is 553 g/mol. The molecule has 0 saturated heterocycles. The molecule has 0 spiro atoms. The first-order valence-electron chi connectivity index (χ1n) is 16.1. The van der Waals surface area contributed by atoms with E-state index in [0.717, 1.165) is 25.9 Å². The third kappa shape index (κ3) is 4.96. The molecular formula is C40H42N2OSi. The summed E-state index contributed by atoms with van der Waals surface area (Å²) >= 11 is 0. The minimum absolute atomic E-state index is 0.0145. The van der Waals surface area contributed by atoms with Crippen molar-refractivity contribution in [2.45, 2.75) is 57.2 Å². The smallest absolute Gasteiger partial charge is 0.261 e. The molecule has 1 aliphatic heterocycles. The van der Waals surface area contributed by atoms with E-state index in [4.69, 9.17) is 4.43 Å². The lowest BCUT2D eigenvalue weighted by Crippen LogP contribution is -2.66. The quantitative estimate of drug-likeness (QED) is 0.141. The van der Waals surface area contributed by atoms with E-state index in [9.17, 15) is 0 Å². The molecule has 0 radical (unpaired) electrons. The molecule has 6 aromatic rings. The maximum atomic E-state index is 7.25. The Labute approximate surface area is 262 Å². The summed E-state index contributed by atoms with van der Waals surface area (Å²) in [5.74, 6) is 0. The van der Waals surface area contributed by atoms with Gasteiger partial charge in [0.2, 0.25) is 0 Å². The Bertz CT molecular complexity index is 1780. The minimum atomic E-state index is -2.54. The topological polar surface area (TPSA) is 26.2 Å². The van der Waals surface area contributed by atoms with Crippen molar-refractivity contribution in [3.8, 4) is 0 Å². The van der Waals surface area contributed by atoms with Gasteiger partial charge in [-0.05, 0) is 58.4 Å². The highest BCUT2D eigenvalue weighted by Gasteiger charge is 2.50. The number of hydrogen-bond acceptors (Lipinski definition) is 2. The van der Waals surface area contributed by atoms with E-state index in [1.54, 1.807) is 0 Å². The molecule has 0 saturated carbocycles. The van der Waals surface area contributed by atoms with Gasteiger partial charge in [0, 0.05) is 40.1 Å². The number of nitrogens with zero attached hydrogens (tertiary/aromatic N) is 1. The molecule has 3 nitrogen and oxygen atoms in total. The summed E-state index contributed by atoms with van der Waals surface area (Å²) in [6, 6.07) is 49.2. The van der Waals surface area contributed by atoms with Crippen molar-refractivity contribution in [3.05, 3.63) is 139 Å². The van der Waals surface area contributed by atoms with Crippen molar-refractivity contribution in [2.75, 3.05) is 11.9 Å². The van der Waals surface area contributed by atoms with Crippen molar-refractivity contribution in [1.82, 2.24) is 4.57 Å². The summed E-state index contributed by atoms with van der Waals surface area (Å²) < 4.78 is 9.84. The zero-order valence-corrected chi connectivity index (χ0v) is 27.0. The number of rotatable bonds is 8. The highest BCUT2D eigenvalue weighted by Crippen LogP contribution is 2.42. The van der Waals surface area contributed by atoms with Gasteiger partial charge >= 0.3 is 0 Å². The molecule has 2 unspecified atom stereocenters. The number of fused-ring (bicyclic) bond motifs is 4. The number of anilines is 1. The molecule has 0 bridgehead atoms. The van der Waals surface area contributed by atoms with Gasteiger partial charge in [0.05, 0.1) is 6.04 Å². The third-order valence-corrected chi connectivity index (χ3v) is 14.6. The van der Waals surface area contributed by atoms with Crippen molar-refractivity contribution in [1.29, 1.82) is 0 Å². The maximum absolute atomic E-state index is 7.25. The second kappa shape index (κ2) is 11.8. The Kier molecular flexibility index (Phi) is 7.65. The number of benzene rings is 5. The molecule has 1 N–H and O–H groups in total. The highest BCUT2D eigenvalue weighted by atomic mass is 28.4. The Balaban J connectivity index is 1.17. The van der Waals surface area contributed by atoms with E-state index < -0.39 is 8.32 Å². The van der Waals surface area contributed by atoms with E-state index in [0.29, 0.717) is 6.04 Å². The molecule has 0 aliphatic carbocycles. The van der Waals surface area contributed by atoms with Crippen LogP contribution in [0, 0.1) is 0 Å². The van der Waals surface area contributed by atoms with Crippen LogP contribution in [0.15, 0.2) is 133 Å². The van der Waals surface area contributed by atoms with E-state index >= 15 is 0 Å². The number of nitrogens with one attached hydrogen (secondary N) is 1. The molecule has 2 atom stereocenters. The Hall–Kier alpha value is -4.12. The summed E-state index contributed by atoms with van der Waals surface area (Å²) in [7, 11) is -2.54. The molecule has 44 heavy (non-hydrogen) atoms. The fourth-order valence-corrected chi connectivity index (χ4v) is 12.2. The lowest BCUT2D eigenvalue weighted by atomic mass is 9.90. The maximum Gasteiger partial charge on any atom is 0.261 e. The van der Waals surface area contributed by atoms with Crippen LogP contribution in [0.3, 0.4) is 0 Å². The van der Waals surface area contributed by atoms with Gasteiger partial charge in [-0.3, -0.25) is 0 Å². The molecule has 2 heterocycles.